The first-order chi connectivity index (χ1) is 13.4. The van der Waals surface area contributed by atoms with Crippen LogP contribution in [0, 0.1) is 22.0 Å². The highest BCUT2D eigenvalue weighted by Gasteiger charge is 2.29. The summed E-state index contributed by atoms with van der Waals surface area (Å²) in [6, 6.07) is 5.12. The van der Waals surface area contributed by atoms with Gasteiger partial charge in [-0.1, -0.05) is 0 Å². The van der Waals surface area contributed by atoms with Crippen LogP contribution < -0.4 is 10.6 Å². The number of ether oxygens (including phenoxy) is 1. The fourth-order valence-electron chi connectivity index (χ4n) is 3.01. The van der Waals surface area contributed by atoms with Gasteiger partial charge >= 0.3 is 5.97 Å². The van der Waals surface area contributed by atoms with E-state index in [-0.39, 0.29) is 42.6 Å². The lowest BCUT2D eigenvalue weighted by Crippen LogP contribution is -2.39. The van der Waals surface area contributed by atoms with Crippen LogP contribution in [0.3, 0.4) is 0 Å². The molecule has 0 aliphatic carbocycles. The van der Waals surface area contributed by atoms with Crippen LogP contribution in [0.25, 0.3) is 0 Å². The molecule has 0 radical (unpaired) electrons. The Kier molecular flexibility index (Phi) is 7.88. The van der Waals surface area contributed by atoms with Crippen molar-refractivity contribution in [3.63, 3.8) is 0 Å². The number of benzene rings is 1. The second-order valence-corrected chi connectivity index (χ2v) is 6.51. The number of amides is 2. The molecule has 1 aromatic rings. The van der Waals surface area contributed by atoms with Gasteiger partial charge in [-0.05, 0) is 30.9 Å². The van der Waals surface area contributed by atoms with Gasteiger partial charge < -0.3 is 20.5 Å². The van der Waals surface area contributed by atoms with E-state index in [0.717, 1.165) is 0 Å². The van der Waals surface area contributed by atoms with Crippen LogP contribution in [0.15, 0.2) is 24.3 Å². The van der Waals surface area contributed by atoms with Crippen molar-refractivity contribution in [1.82, 2.24) is 10.6 Å². The standard InChI is InChI=1S/C18H23N3O7/c22-16(20-11-15(18(24)25)12-6-9-28-10-7-12)5-8-19-17(23)13-1-3-14(4-2-13)21(26)27/h1-4,12,15H,5-11H2,(H,19,23)(H,20,22)(H,24,25). The maximum Gasteiger partial charge on any atom is 0.308 e. The predicted molar refractivity (Wildman–Crippen MR) is 97.7 cm³/mol. The number of hydrogen-bond acceptors (Lipinski definition) is 6. The van der Waals surface area contributed by atoms with Crippen molar-refractivity contribution in [3.8, 4) is 0 Å². The van der Waals surface area contributed by atoms with Crippen LogP contribution in [-0.4, -0.2) is 54.1 Å². The lowest BCUT2D eigenvalue weighted by atomic mass is 9.86. The van der Waals surface area contributed by atoms with Gasteiger partial charge in [0.2, 0.25) is 5.91 Å². The molecule has 0 saturated carbocycles. The molecule has 1 aliphatic heterocycles. The summed E-state index contributed by atoms with van der Waals surface area (Å²) in [6.07, 6.45) is 1.30. The normalized spacial score (nSPS) is 15.4. The lowest BCUT2D eigenvalue weighted by Gasteiger charge is -2.27. The second-order valence-electron chi connectivity index (χ2n) is 6.51. The molecule has 3 N–H and O–H groups in total. The third-order valence-corrected chi connectivity index (χ3v) is 4.65. The molecule has 28 heavy (non-hydrogen) atoms. The monoisotopic (exact) mass is 393 g/mol. The number of nitrogens with zero attached hydrogens (tertiary/aromatic N) is 1. The Labute approximate surface area is 161 Å². The van der Waals surface area contributed by atoms with Crippen molar-refractivity contribution in [3.05, 3.63) is 39.9 Å². The zero-order valence-electron chi connectivity index (χ0n) is 15.3. The van der Waals surface area contributed by atoms with Crippen LogP contribution in [0.1, 0.15) is 29.6 Å². The minimum absolute atomic E-state index is 0.00115. The van der Waals surface area contributed by atoms with E-state index < -0.39 is 22.7 Å². The molecule has 1 saturated heterocycles. The Morgan fingerprint density at radius 1 is 1.18 bits per heavy atom. The van der Waals surface area contributed by atoms with Crippen molar-refractivity contribution in [2.75, 3.05) is 26.3 Å². The zero-order valence-corrected chi connectivity index (χ0v) is 15.3. The molecular formula is C18H23N3O7. The zero-order chi connectivity index (χ0) is 20.5. The van der Waals surface area contributed by atoms with E-state index in [0.29, 0.717) is 26.1 Å². The second kappa shape index (κ2) is 10.4. The van der Waals surface area contributed by atoms with Crippen LogP contribution in [0.2, 0.25) is 0 Å². The van der Waals surface area contributed by atoms with E-state index in [1.807, 2.05) is 0 Å². The molecule has 0 bridgehead atoms. The SMILES string of the molecule is O=C(CCNC(=O)c1ccc([N+](=O)[O-])cc1)NCC(C(=O)O)C1CCOCC1. The van der Waals surface area contributed by atoms with Crippen LogP contribution in [0.4, 0.5) is 5.69 Å². The summed E-state index contributed by atoms with van der Waals surface area (Å²) < 4.78 is 5.23. The molecule has 1 aliphatic rings. The third-order valence-electron chi connectivity index (χ3n) is 4.65. The van der Waals surface area contributed by atoms with E-state index in [1.165, 1.54) is 24.3 Å². The fraction of sp³-hybridized carbons (Fsp3) is 0.500. The number of non-ortho nitro benzene ring substituents is 1. The Hall–Kier alpha value is -3.01. The van der Waals surface area contributed by atoms with Crippen LogP contribution in [0.5, 0.6) is 0 Å². The van der Waals surface area contributed by atoms with E-state index >= 15 is 0 Å². The topological polar surface area (TPSA) is 148 Å². The van der Waals surface area contributed by atoms with Crippen molar-refractivity contribution in [2.24, 2.45) is 11.8 Å². The Balaban J connectivity index is 1.73. The molecule has 10 nitrogen and oxygen atoms in total. The van der Waals surface area contributed by atoms with Gasteiger partial charge in [0, 0.05) is 50.4 Å². The summed E-state index contributed by atoms with van der Waals surface area (Å²) in [6.45, 7) is 1.15. The summed E-state index contributed by atoms with van der Waals surface area (Å²) >= 11 is 0. The first kappa shape index (κ1) is 21.3. The fourth-order valence-corrected chi connectivity index (χ4v) is 3.01. The Bertz CT molecular complexity index is 714. The van der Waals surface area contributed by atoms with Crippen molar-refractivity contribution in [2.45, 2.75) is 19.3 Å². The molecule has 152 valence electrons. The van der Waals surface area contributed by atoms with Gasteiger partial charge in [0.15, 0.2) is 0 Å². The van der Waals surface area contributed by atoms with Gasteiger partial charge in [-0.2, -0.15) is 0 Å². The summed E-state index contributed by atoms with van der Waals surface area (Å²) in [7, 11) is 0. The van der Waals surface area contributed by atoms with Crippen LogP contribution in [-0.2, 0) is 14.3 Å². The van der Waals surface area contributed by atoms with E-state index in [2.05, 4.69) is 10.6 Å². The number of hydrogen-bond donors (Lipinski definition) is 3. The summed E-state index contributed by atoms with van der Waals surface area (Å²) in [5.41, 5.74) is 0.130. The number of nitro benzene ring substituents is 1. The third kappa shape index (κ3) is 6.31. The predicted octanol–water partition coefficient (Wildman–Crippen LogP) is 0.958. The average Bonchev–Trinajstić information content (AvgIpc) is 2.68. The van der Waals surface area contributed by atoms with E-state index in [1.54, 1.807) is 0 Å². The number of rotatable bonds is 9. The van der Waals surface area contributed by atoms with Crippen molar-refractivity contribution in [1.29, 1.82) is 0 Å². The summed E-state index contributed by atoms with van der Waals surface area (Å²) in [5, 5.41) is 25.1. The van der Waals surface area contributed by atoms with Gasteiger partial charge in [-0.3, -0.25) is 24.5 Å². The molecule has 1 aromatic carbocycles. The maximum absolute atomic E-state index is 12.0. The van der Waals surface area contributed by atoms with Gasteiger partial charge in [0.05, 0.1) is 10.8 Å². The molecule has 1 heterocycles. The molecule has 2 amide bonds. The molecule has 0 spiro atoms. The van der Waals surface area contributed by atoms with E-state index in [4.69, 9.17) is 4.74 Å². The number of carboxylic acids is 1. The summed E-state index contributed by atoms with van der Waals surface area (Å²) in [4.78, 5) is 45.4. The minimum Gasteiger partial charge on any atom is -0.481 e. The van der Waals surface area contributed by atoms with Gasteiger partial charge in [-0.25, -0.2) is 0 Å². The lowest BCUT2D eigenvalue weighted by molar-refractivity contribution is -0.384. The first-order valence-electron chi connectivity index (χ1n) is 8.98. The van der Waals surface area contributed by atoms with Crippen LogP contribution >= 0.6 is 0 Å². The summed E-state index contributed by atoms with van der Waals surface area (Å²) in [5.74, 6) is -2.45. The van der Waals surface area contributed by atoms with Gasteiger partial charge in [0.1, 0.15) is 0 Å². The quantitative estimate of drug-likeness (QED) is 0.418. The molecule has 1 atom stereocenters. The Morgan fingerprint density at radius 3 is 2.39 bits per heavy atom. The van der Waals surface area contributed by atoms with Gasteiger partial charge in [-0.15, -0.1) is 0 Å². The first-order valence-corrected chi connectivity index (χ1v) is 8.98. The molecule has 0 aromatic heterocycles. The highest BCUT2D eigenvalue weighted by atomic mass is 16.6. The Morgan fingerprint density at radius 2 is 1.82 bits per heavy atom. The smallest absolute Gasteiger partial charge is 0.308 e. The molecule has 10 heteroatoms. The number of carboxylic acid groups (broad SMARTS) is 1. The number of nitro groups is 1. The highest BCUT2D eigenvalue weighted by molar-refractivity contribution is 5.94. The van der Waals surface area contributed by atoms with Crippen molar-refractivity contribution >= 4 is 23.5 Å². The highest BCUT2D eigenvalue weighted by Crippen LogP contribution is 2.23. The largest absolute Gasteiger partial charge is 0.481 e. The van der Waals surface area contributed by atoms with E-state index in [9.17, 15) is 29.6 Å². The number of aliphatic carboxylic acids is 1. The molecule has 1 unspecified atom stereocenters. The molecular weight excluding hydrogens is 370 g/mol. The molecule has 2 rings (SSSR count). The maximum atomic E-state index is 12.0. The van der Waals surface area contributed by atoms with Crippen molar-refractivity contribution < 1.29 is 29.2 Å². The minimum atomic E-state index is -0.946. The molecule has 1 fully saturated rings. The van der Waals surface area contributed by atoms with Gasteiger partial charge in [0.25, 0.3) is 11.6 Å². The number of nitrogens with one attached hydrogen (secondary N) is 2. The number of carbonyl (C=O) groups is 3. The average molecular weight is 393 g/mol. The number of carbonyl (C=O) groups excluding carboxylic acids is 2.